The number of nitrogens with one attached hydrogen (secondary N) is 1. The molecule has 98 valence electrons. The number of rotatable bonds is 3. The van der Waals surface area contributed by atoms with Crippen molar-refractivity contribution in [2.75, 3.05) is 13.2 Å². The van der Waals surface area contributed by atoms with Crippen LogP contribution in [-0.4, -0.2) is 58.4 Å². The van der Waals surface area contributed by atoms with E-state index in [2.05, 4.69) is 10.3 Å². The lowest BCUT2D eigenvalue weighted by Crippen LogP contribution is -2.59. The summed E-state index contributed by atoms with van der Waals surface area (Å²) in [5, 5.41) is 23.2. The first-order valence-corrected chi connectivity index (χ1v) is 6.60. The van der Waals surface area contributed by atoms with Crippen molar-refractivity contribution in [3.05, 3.63) is 0 Å². The molecule has 0 aliphatic carbocycles. The van der Waals surface area contributed by atoms with Gasteiger partial charge in [-0.05, 0) is 6.42 Å². The zero-order chi connectivity index (χ0) is 12.4. The molecule has 2 aliphatic rings. The molecule has 2 aliphatic heterocycles. The quantitative estimate of drug-likeness (QED) is 0.662. The molecule has 5 nitrogen and oxygen atoms in total. The highest BCUT2D eigenvalue weighted by Crippen LogP contribution is 2.33. The second-order valence-electron chi connectivity index (χ2n) is 4.15. The van der Waals surface area contributed by atoms with Gasteiger partial charge in [-0.1, -0.05) is 18.7 Å². The number of fused-ring (bicyclic) bond motifs is 1. The molecule has 0 spiro atoms. The Morgan fingerprint density at radius 3 is 2.88 bits per heavy atom. The summed E-state index contributed by atoms with van der Waals surface area (Å²) in [6, 6.07) is -0.423. The van der Waals surface area contributed by atoms with Gasteiger partial charge in [0, 0.05) is 6.54 Å². The number of aliphatic hydroxyl groups is 2. The first-order chi connectivity index (χ1) is 8.17. The molecule has 17 heavy (non-hydrogen) atoms. The number of amidine groups is 1. The van der Waals surface area contributed by atoms with Crippen molar-refractivity contribution in [2.45, 2.75) is 43.1 Å². The molecule has 2 fully saturated rings. The molecule has 0 radical (unpaired) electrons. The van der Waals surface area contributed by atoms with Gasteiger partial charge in [0.25, 0.3) is 0 Å². The molecule has 0 aromatic carbocycles. The van der Waals surface area contributed by atoms with E-state index in [1.54, 1.807) is 0 Å². The number of alkyl halides is 1. The van der Waals surface area contributed by atoms with Crippen LogP contribution in [0, 0.1) is 0 Å². The predicted molar refractivity (Wildman–Crippen MR) is 63.8 cm³/mol. The van der Waals surface area contributed by atoms with E-state index in [4.69, 9.17) is 4.74 Å². The second-order valence-corrected chi connectivity index (χ2v) is 5.24. The van der Waals surface area contributed by atoms with Crippen molar-refractivity contribution < 1.29 is 19.3 Å². The lowest BCUT2D eigenvalue weighted by atomic mass is 9.99. The van der Waals surface area contributed by atoms with Crippen molar-refractivity contribution in [3.8, 4) is 0 Å². The summed E-state index contributed by atoms with van der Waals surface area (Å²) in [6.45, 7) is 1.91. The highest BCUT2D eigenvalue weighted by atomic mass is 32.2. The van der Waals surface area contributed by atoms with Crippen molar-refractivity contribution >= 4 is 16.9 Å². The molecule has 5 atom stereocenters. The van der Waals surface area contributed by atoms with Crippen LogP contribution in [0.1, 0.15) is 13.3 Å². The lowest BCUT2D eigenvalue weighted by molar-refractivity contribution is -0.160. The fourth-order valence-corrected chi connectivity index (χ4v) is 3.06. The normalized spacial score (nSPS) is 43.5. The minimum absolute atomic E-state index is 0.384. The van der Waals surface area contributed by atoms with Gasteiger partial charge in [0.2, 0.25) is 0 Å². The maximum Gasteiger partial charge on any atom is 0.159 e. The number of aliphatic hydroxyl groups excluding tert-OH is 2. The van der Waals surface area contributed by atoms with E-state index in [0.29, 0.717) is 11.7 Å². The zero-order valence-electron chi connectivity index (χ0n) is 9.54. The summed E-state index contributed by atoms with van der Waals surface area (Å²) in [5.74, 6) is 0. The lowest BCUT2D eigenvalue weighted by Gasteiger charge is -2.37. The third-order valence-corrected chi connectivity index (χ3v) is 3.96. The van der Waals surface area contributed by atoms with Crippen molar-refractivity contribution in [1.82, 2.24) is 5.32 Å². The van der Waals surface area contributed by atoms with Gasteiger partial charge in [0.15, 0.2) is 5.17 Å². The third kappa shape index (κ3) is 2.57. The van der Waals surface area contributed by atoms with Crippen LogP contribution in [0.4, 0.5) is 4.39 Å². The molecule has 7 heteroatoms. The van der Waals surface area contributed by atoms with Gasteiger partial charge >= 0.3 is 0 Å². The molecule has 0 aromatic heterocycles. The van der Waals surface area contributed by atoms with E-state index < -0.39 is 31.0 Å². The third-order valence-electron chi connectivity index (χ3n) is 2.85. The van der Waals surface area contributed by atoms with E-state index in [0.717, 1.165) is 6.42 Å². The van der Waals surface area contributed by atoms with Gasteiger partial charge in [0.1, 0.15) is 30.4 Å². The van der Waals surface area contributed by atoms with Crippen LogP contribution in [0.3, 0.4) is 0 Å². The minimum Gasteiger partial charge on any atom is -0.388 e. The molecule has 2 saturated heterocycles. The maximum atomic E-state index is 12.6. The molecule has 2 heterocycles. The van der Waals surface area contributed by atoms with Crippen LogP contribution in [0.5, 0.6) is 0 Å². The van der Waals surface area contributed by atoms with Crippen molar-refractivity contribution in [2.24, 2.45) is 4.99 Å². The maximum absolute atomic E-state index is 12.6. The van der Waals surface area contributed by atoms with Crippen LogP contribution in [-0.2, 0) is 4.74 Å². The smallest absolute Gasteiger partial charge is 0.159 e. The number of halogens is 1. The number of thioether (sulfide) groups is 1. The standard InChI is InChI=1S/C10H17FN2O3S/c1-2-3-12-10-13-6-8(15)7(14)5(4-11)16-9(6)17-10/h5-9,14-15H,2-4H2,1H3,(H,12,13)/t5?,6-,7-,8?,9-/m1/s1. The highest BCUT2D eigenvalue weighted by Gasteiger charge is 2.48. The molecular formula is C10H17FN2O3S. The van der Waals surface area contributed by atoms with Gasteiger partial charge in [-0.3, -0.25) is 4.99 Å². The minimum atomic E-state index is -1.19. The Hall–Kier alpha value is -0.370. The Morgan fingerprint density at radius 1 is 1.47 bits per heavy atom. The van der Waals surface area contributed by atoms with E-state index >= 15 is 0 Å². The Bertz CT molecular complexity index is 305. The first kappa shape index (κ1) is 13.1. The summed E-state index contributed by atoms with van der Waals surface area (Å²) in [7, 11) is 0. The number of nitrogens with zero attached hydrogens (tertiary/aromatic N) is 1. The van der Waals surface area contributed by atoms with Crippen molar-refractivity contribution in [3.63, 3.8) is 0 Å². The zero-order valence-corrected chi connectivity index (χ0v) is 10.4. The van der Waals surface area contributed by atoms with Gasteiger partial charge in [0.05, 0.1) is 6.04 Å². The van der Waals surface area contributed by atoms with Crippen molar-refractivity contribution in [1.29, 1.82) is 0 Å². The topological polar surface area (TPSA) is 74.1 Å². The predicted octanol–water partition coefficient (Wildman–Crippen LogP) is -0.126. The Balaban J connectivity index is 2.04. The first-order valence-electron chi connectivity index (χ1n) is 5.72. The average molecular weight is 264 g/mol. The largest absolute Gasteiger partial charge is 0.388 e. The summed E-state index contributed by atoms with van der Waals surface area (Å²) >= 11 is 1.34. The average Bonchev–Trinajstić information content (AvgIpc) is 2.74. The number of aliphatic imine (C=N–C) groups is 1. The van der Waals surface area contributed by atoms with Gasteiger partial charge < -0.3 is 20.3 Å². The summed E-state index contributed by atoms with van der Waals surface area (Å²) in [4.78, 5) is 4.28. The number of hydrogen-bond acceptors (Lipinski definition) is 5. The second kappa shape index (κ2) is 5.51. The van der Waals surface area contributed by atoms with Crippen LogP contribution in [0.2, 0.25) is 0 Å². The van der Waals surface area contributed by atoms with Crippen LogP contribution in [0.15, 0.2) is 4.99 Å². The van der Waals surface area contributed by atoms with Crippen LogP contribution in [0.25, 0.3) is 0 Å². The van der Waals surface area contributed by atoms with Gasteiger partial charge in [-0.15, -0.1) is 0 Å². The molecule has 0 bridgehead atoms. The molecule has 0 saturated carbocycles. The van der Waals surface area contributed by atoms with Crippen LogP contribution >= 0.6 is 11.8 Å². The SMILES string of the molecule is CCCN=C1N[C@@H]2C(O)[C@H](O)C(CF)O[C@@H]2S1. The van der Waals surface area contributed by atoms with E-state index in [9.17, 15) is 14.6 Å². The highest BCUT2D eigenvalue weighted by molar-refractivity contribution is 8.14. The van der Waals surface area contributed by atoms with Gasteiger partial charge in [-0.2, -0.15) is 0 Å². The molecule has 2 rings (SSSR count). The summed E-state index contributed by atoms with van der Waals surface area (Å²) < 4.78 is 18.0. The van der Waals surface area contributed by atoms with E-state index in [1.807, 2.05) is 6.92 Å². The molecule has 0 amide bonds. The molecular weight excluding hydrogens is 247 g/mol. The number of ether oxygens (including phenoxy) is 1. The Morgan fingerprint density at radius 2 is 2.24 bits per heavy atom. The van der Waals surface area contributed by atoms with Crippen LogP contribution < -0.4 is 5.32 Å². The molecule has 0 aromatic rings. The molecule has 3 N–H and O–H groups in total. The van der Waals surface area contributed by atoms with E-state index in [1.165, 1.54) is 11.8 Å². The van der Waals surface area contributed by atoms with Gasteiger partial charge in [-0.25, -0.2) is 4.39 Å². The summed E-state index contributed by atoms with van der Waals surface area (Å²) in [5.41, 5.74) is -0.384. The Kier molecular flexibility index (Phi) is 4.24. The fourth-order valence-electron chi connectivity index (χ4n) is 1.90. The number of hydrogen-bond donors (Lipinski definition) is 3. The fraction of sp³-hybridized carbons (Fsp3) is 0.900. The van der Waals surface area contributed by atoms with E-state index in [-0.39, 0.29) is 5.44 Å². The summed E-state index contributed by atoms with van der Waals surface area (Å²) in [6.07, 6.45) is -2.25. The molecule has 2 unspecified atom stereocenters. The monoisotopic (exact) mass is 264 g/mol. The Labute approximate surface area is 103 Å².